The van der Waals surface area contributed by atoms with Gasteiger partial charge in [0.25, 0.3) is 0 Å². The zero-order valence-electron chi connectivity index (χ0n) is 18.6. The molecule has 0 atom stereocenters. The Morgan fingerprint density at radius 3 is 1.68 bits per heavy atom. The second kappa shape index (κ2) is 8.76. The highest BCUT2D eigenvalue weighted by Gasteiger charge is 2.13. The van der Waals surface area contributed by atoms with Gasteiger partial charge in [-0.1, -0.05) is 91.0 Å². The Morgan fingerprint density at radius 1 is 0.412 bits per heavy atom. The maximum atomic E-state index is 5.05. The Morgan fingerprint density at radius 2 is 1.03 bits per heavy atom. The third-order valence-corrected chi connectivity index (χ3v) is 6.10. The molecule has 0 saturated carbocycles. The van der Waals surface area contributed by atoms with E-state index < -0.39 is 0 Å². The van der Waals surface area contributed by atoms with E-state index in [0.717, 1.165) is 39.3 Å². The minimum absolute atomic E-state index is 0.962. The van der Waals surface area contributed by atoms with Crippen molar-refractivity contribution in [3.8, 4) is 44.9 Å². The van der Waals surface area contributed by atoms with Crippen LogP contribution in [0.3, 0.4) is 0 Å². The normalized spacial score (nSPS) is 10.9. The molecule has 2 nitrogen and oxygen atoms in total. The molecule has 6 rings (SSSR count). The summed E-state index contributed by atoms with van der Waals surface area (Å²) in [5.41, 5.74) is 8.52. The van der Waals surface area contributed by atoms with Gasteiger partial charge in [-0.05, 0) is 58.3 Å². The SMILES string of the molecule is c1ccc(-c2cc(-c3cc(-c4ccccn4)cc4ccccc34)cc(-c3ccccc3)n2)cc1. The van der Waals surface area contributed by atoms with Gasteiger partial charge < -0.3 is 0 Å². The number of benzene rings is 4. The van der Waals surface area contributed by atoms with Crippen molar-refractivity contribution < 1.29 is 0 Å². The molecule has 0 spiro atoms. The zero-order valence-corrected chi connectivity index (χ0v) is 18.6. The highest BCUT2D eigenvalue weighted by molar-refractivity contribution is 6.00. The van der Waals surface area contributed by atoms with E-state index in [1.807, 2.05) is 30.5 Å². The molecule has 2 heterocycles. The Hall–Kier alpha value is -4.56. The molecule has 2 aromatic heterocycles. The van der Waals surface area contributed by atoms with Crippen molar-refractivity contribution in [3.05, 3.63) is 134 Å². The topological polar surface area (TPSA) is 25.8 Å². The summed E-state index contributed by atoms with van der Waals surface area (Å²) >= 11 is 0. The van der Waals surface area contributed by atoms with Crippen LogP contribution in [0.4, 0.5) is 0 Å². The Bertz CT molecular complexity index is 1520. The lowest BCUT2D eigenvalue weighted by Crippen LogP contribution is -1.92. The molecule has 0 aliphatic heterocycles. The summed E-state index contributed by atoms with van der Waals surface area (Å²) < 4.78 is 0. The van der Waals surface area contributed by atoms with E-state index >= 15 is 0 Å². The minimum Gasteiger partial charge on any atom is -0.256 e. The zero-order chi connectivity index (χ0) is 22.7. The van der Waals surface area contributed by atoms with Crippen LogP contribution in [0.1, 0.15) is 0 Å². The van der Waals surface area contributed by atoms with Crippen molar-refractivity contribution in [1.29, 1.82) is 0 Å². The van der Waals surface area contributed by atoms with Crippen LogP contribution in [0.15, 0.2) is 134 Å². The van der Waals surface area contributed by atoms with Crippen LogP contribution in [-0.4, -0.2) is 9.97 Å². The highest BCUT2D eigenvalue weighted by Crippen LogP contribution is 2.36. The molecule has 2 heteroatoms. The first-order chi connectivity index (χ1) is 16.8. The Labute approximate surface area is 199 Å². The van der Waals surface area contributed by atoms with E-state index in [9.17, 15) is 0 Å². The van der Waals surface area contributed by atoms with Crippen molar-refractivity contribution in [3.63, 3.8) is 0 Å². The van der Waals surface area contributed by atoms with E-state index in [4.69, 9.17) is 4.98 Å². The van der Waals surface area contributed by atoms with Crippen molar-refractivity contribution in [1.82, 2.24) is 9.97 Å². The van der Waals surface area contributed by atoms with Gasteiger partial charge >= 0.3 is 0 Å². The van der Waals surface area contributed by atoms with Crippen LogP contribution in [-0.2, 0) is 0 Å². The van der Waals surface area contributed by atoms with Crippen molar-refractivity contribution in [2.45, 2.75) is 0 Å². The summed E-state index contributed by atoms with van der Waals surface area (Å²) in [6.07, 6.45) is 1.84. The summed E-state index contributed by atoms with van der Waals surface area (Å²) in [5.74, 6) is 0. The van der Waals surface area contributed by atoms with Crippen LogP contribution >= 0.6 is 0 Å². The number of rotatable bonds is 4. The molecule has 0 bridgehead atoms. The maximum absolute atomic E-state index is 5.05. The third-order valence-electron chi connectivity index (χ3n) is 6.10. The average Bonchev–Trinajstić information content (AvgIpc) is 2.93. The summed E-state index contributed by atoms with van der Waals surface area (Å²) in [4.78, 5) is 9.66. The lowest BCUT2D eigenvalue weighted by Gasteiger charge is -2.14. The quantitative estimate of drug-likeness (QED) is 0.279. The first-order valence-corrected chi connectivity index (χ1v) is 11.4. The van der Waals surface area contributed by atoms with Crippen LogP contribution in [0, 0.1) is 0 Å². The molecule has 160 valence electrons. The van der Waals surface area contributed by atoms with Gasteiger partial charge in [0.2, 0.25) is 0 Å². The average molecular weight is 435 g/mol. The van der Waals surface area contributed by atoms with E-state index in [0.29, 0.717) is 0 Å². The maximum Gasteiger partial charge on any atom is 0.0715 e. The van der Waals surface area contributed by atoms with Crippen molar-refractivity contribution >= 4 is 10.8 Å². The molecule has 0 unspecified atom stereocenters. The highest BCUT2D eigenvalue weighted by atomic mass is 14.7. The van der Waals surface area contributed by atoms with Gasteiger partial charge in [0, 0.05) is 22.9 Å². The summed E-state index contributed by atoms with van der Waals surface area (Å²) in [5, 5.41) is 2.41. The van der Waals surface area contributed by atoms with Crippen molar-refractivity contribution in [2.24, 2.45) is 0 Å². The molecule has 34 heavy (non-hydrogen) atoms. The second-order valence-electron chi connectivity index (χ2n) is 8.32. The number of aromatic nitrogens is 2. The van der Waals surface area contributed by atoms with E-state index in [2.05, 4.69) is 108 Å². The predicted molar refractivity (Wildman–Crippen MR) is 141 cm³/mol. The van der Waals surface area contributed by atoms with Gasteiger partial charge in [-0.25, -0.2) is 4.98 Å². The van der Waals surface area contributed by atoms with Gasteiger partial charge in [0.1, 0.15) is 0 Å². The fraction of sp³-hybridized carbons (Fsp3) is 0. The van der Waals surface area contributed by atoms with Crippen LogP contribution < -0.4 is 0 Å². The smallest absolute Gasteiger partial charge is 0.0715 e. The monoisotopic (exact) mass is 434 g/mol. The third kappa shape index (κ3) is 3.87. The molecule has 6 aromatic rings. The molecule has 0 fully saturated rings. The van der Waals surface area contributed by atoms with E-state index in [1.165, 1.54) is 16.3 Å². The molecular formula is C32H22N2. The van der Waals surface area contributed by atoms with Crippen molar-refractivity contribution in [2.75, 3.05) is 0 Å². The Kier molecular flexibility index (Phi) is 5.17. The number of pyridine rings is 2. The number of fused-ring (bicyclic) bond motifs is 1. The number of nitrogens with zero attached hydrogens (tertiary/aromatic N) is 2. The van der Waals surface area contributed by atoms with Gasteiger partial charge in [-0.2, -0.15) is 0 Å². The molecular weight excluding hydrogens is 412 g/mol. The fourth-order valence-electron chi connectivity index (χ4n) is 4.43. The standard InChI is InChI=1S/C32H22N2/c1-3-11-23(12-4-1)31-21-26(22-32(34-31)24-13-5-2-6-14-24)29-20-27(30-17-9-10-18-33-30)19-25-15-7-8-16-28(25)29/h1-22H. The van der Waals surface area contributed by atoms with E-state index in [1.54, 1.807) is 0 Å². The Balaban J connectivity index is 1.63. The largest absolute Gasteiger partial charge is 0.256 e. The number of hydrogen-bond acceptors (Lipinski definition) is 2. The summed E-state index contributed by atoms with van der Waals surface area (Å²) in [7, 11) is 0. The summed E-state index contributed by atoms with van der Waals surface area (Å²) in [6, 6.07) is 44.2. The van der Waals surface area contributed by atoms with Gasteiger partial charge in [-0.15, -0.1) is 0 Å². The minimum atomic E-state index is 0.962. The van der Waals surface area contributed by atoms with Gasteiger partial charge in [-0.3, -0.25) is 4.98 Å². The second-order valence-corrected chi connectivity index (χ2v) is 8.32. The lowest BCUT2D eigenvalue weighted by molar-refractivity contribution is 1.32. The van der Waals surface area contributed by atoms with Crippen LogP contribution in [0.2, 0.25) is 0 Å². The molecule has 0 radical (unpaired) electrons. The first kappa shape index (κ1) is 20.1. The predicted octanol–water partition coefficient (Wildman–Crippen LogP) is 8.30. The molecule has 0 saturated heterocycles. The molecule has 0 amide bonds. The van der Waals surface area contributed by atoms with Crippen LogP contribution in [0.25, 0.3) is 55.7 Å². The summed E-state index contributed by atoms with van der Waals surface area (Å²) in [6.45, 7) is 0. The van der Waals surface area contributed by atoms with Crippen LogP contribution in [0.5, 0.6) is 0 Å². The lowest BCUT2D eigenvalue weighted by atomic mass is 9.93. The van der Waals surface area contributed by atoms with Gasteiger partial charge in [0.15, 0.2) is 0 Å². The fourth-order valence-corrected chi connectivity index (χ4v) is 4.43. The van der Waals surface area contributed by atoms with E-state index in [-0.39, 0.29) is 0 Å². The van der Waals surface area contributed by atoms with Gasteiger partial charge in [0.05, 0.1) is 17.1 Å². The molecule has 0 aliphatic carbocycles. The molecule has 4 aromatic carbocycles. The molecule has 0 N–H and O–H groups in total. The first-order valence-electron chi connectivity index (χ1n) is 11.4. The molecule has 0 aliphatic rings. The number of hydrogen-bond donors (Lipinski definition) is 0.